The summed E-state index contributed by atoms with van der Waals surface area (Å²) in [5.74, 6) is 2.36. The molecule has 150 valence electrons. The van der Waals surface area contributed by atoms with Gasteiger partial charge in [-0.25, -0.2) is 9.67 Å². The second kappa shape index (κ2) is 6.45. The van der Waals surface area contributed by atoms with Crippen molar-refractivity contribution in [2.75, 3.05) is 0 Å². The van der Waals surface area contributed by atoms with E-state index in [1.54, 1.807) is 7.05 Å². The molecule has 9 heteroatoms. The number of aryl methyl sites for hydroxylation is 1. The number of rotatable bonds is 4. The summed E-state index contributed by atoms with van der Waals surface area (Å²) in [6, 6.07) is 10.6. The molecular formula is C21H19N7O2. The lowest BCUT2D eigenvalue weighted by Gasteiger charge is -2.19. The van der Waals surface area contributed by atoms with Crippen molar-refractivity contribution < 1.29 is 4.52 Å². The van der Waals surface area contributed by atoms with Crippen LogP contribution in [0.25, 0.3) is 16.7 Å². The van der Waals surface area contributed by atoms with E-state index in [1.807, 2.05) is 6.07 Å². The molecule has 1 fully saturated rings. The summed E-state index contributed by atoms with van der Waals surface area (Å²) in [6.45, 7) is 0.172. The Morgan fingerprint density at radius 2 is 2.07 bits per heavy atom. The molecule has 2 bridgehead atoms. The predicted octanol–water partition coefficient (Wildman–Crippen LogP) is 2.16. The molecule has 0 saturated heterocycles. The van der Waals surface area contributed by atoms with Crippen LogP contribution in [0.1, 0.15) is 36.0 Å². The molecule has 2 aliphatic carbocycles. The average molecular weight is 401 g/mol. The lowest BCUT2D eigenvalue weighted by molar-refractivity contribution is 0.358. The van der Waals surface area contributed by atoms with E-state index in [0.29, 0.717) is 28.9 Å². The number of hydrogen-bond donors (Lipinski definition) is 0. The van der Waals surface area contributed by atoms with Crippen LogP contribution in [0, 0.1) is 11.8 Å². The van der Waals surface area contributed by atoms with E-state index < -0.39 is 0 Å². The predicted molar refractivity (Wildman–Crippen MR) is 107 cm³/mol. The van der Waals surface area contributed by atoms with E-state index in [0.717, 1.165) is 18.7 Å². The summed E-state index contributed by atoms with van der Waals surface area (Å²) in [5, 5.41) is 11.9. The van der Waals surface area contributed by atoms with Crippen molar-refractivity contribution in [3.63, 3.8) is 0 Å². The Kier molecular flexibility index (Phi) is 3.71. The van der Waals surface area contributed by atoms with E-state index in [4.69, 9.17) is 4.52 Å². The fraction of sp³-hybridized carbons (Fsp3) is 0.333. The third-order valence-electron chi connectivity index (χ3n) is 6.27. The number of aromatic nitrogens is 7. The van der Waals surface area contributed by atoms with Crippen LogP contribution in [0.5, 0.6) is 0 Å². The molecule has 0 radical (unpaired) electrons. The molecule has 3 atom stereocenters. The lowest BCUT2D eigenvalue weighted by atomic mass is 9.86. The summed E-state index contributed by atoms with van der Waals surface area (Å²) in [6.07, 6.45) is 5.97. The third kappa shape index (κ3) is 2.62. The second-order valence-corrected chi connectivity index (χ2v) is 8.04. The molecule has 0 N–H and O–H groups in total. The zero-order valence-corrected chi connectivity index (χ0v) is 16.3. The second-order valence-electron chi connectivity index (χ2n) is 8.04. The van der Waals surface area contributed by atoms with E-state index >= 15 is 0 Å². The summed E-state index contributed by atoms with van der Waals surface area (Å²) in [7, 11) is 1.67. The van der Waals surface area contributed by atoms with Gasteiger partial charge in [-0.2, -0.15) is 4.98 Å². The molecule has 4 aromatic rings. The van der Waals surface area contributed by atoms with Gasteiger partial charge in [0.15, 0.2) is 11.3 Å². The summed E-state index contributed by atoms with van der Waals surface area (Å²) < 4.78 is 8.34. The van der Waals surface area contributed by atoms with Crippen molar-refractivity contribution >= 4 is 16.7 Å². The quantitative estimate of drug-likeness (QED) is 0.516. The molecule has 1 unspecified atom stereocenters. The average Bonchev–Trinajstić information content (AvgIpc) is 3.54. The van der Waals surface area contributed by atoms with Gasteiger partial charge in [-0.15, -0.1) is 5.10 Å². The minimum Gasteiger partial charge on any atom is -0.337 e. The molecule has 3 heterocycles. The van der Waals surface area contributed by atoms with Crippen molar-refractivity contribution in [1.29, 1.82) is 0 Å². The first-order valence-corrected chi connectivity index (χ1v) is 10.0. The van der Waals surface area contributed by atoms with Gasteiger partial charge in [0, 0.05) is 13.0 Å². The molecule has 1 saturated carbocycles. The zero-order valence-electron chi connectivity index (χ0n) is 16.3. The van der Waals surface area contributed by atoms with Gasteiger partial charge in [0.2, 0.25) is 11.5 Å². The van der Waals surface area contributed by atoms with Gasteiger partial charge < -0.3 is 4.52 Å². The van der Waals surface area contributed by atoms with E-state index in [2.05, 4.69) is 55.8 Å². The van der Waals surface area contributed by atoms with Crippen LogP contribution in [0.15, 0.2) is 52.1 Å². The highest BCUT2D eigenvalue weighted by atomic mass is 16.5. The first-order valence-electron chi connectivity index (χ1n) is 10.0. The maximum atomic E-state index is 12.7. The maximum Gasteiger partial charge on any atom is 0.281 e. The van der Waals surface area contributed by atoms with Crippen LogP contribution in [0.3, 0.4) is 0 Å². The van der Waals surface area contributed by atoms with Crippen molar-refractivity contribution in [2.24, 2.45) is 18.9 Å². The molecule has 2 aliphatic rings. The Labute approximate surface area is 171 Å². The molecule has 30 heavy (non-hydrogen) atoms. The molecule has 0 aliphatic heterocycles. The smallest absolute Gasteiger partial charge is 0.281 e. The normalized spacial score (nSPS) is 22.7. The van der Waals surface area contributed by atoms with Crippen molar-refractivity contribution in [2.45, 2.75) is 25.3 Å². The molecule has 3 aromatic heterocycles. The fourth-order valence-corrected chi connectivity index (χ4v) is 4.86. The summed E-state index contributed by atoms with van der Waals surface area (Å²) >= 11 is 0. The van der Waals surface area contributed by atoms with E-state index in [9.17, 15) is 4.79 Å². The third-order valence-corrected chi connectivity index (χ3v) is 6.27. The van der Waals surface area contributed by atoms with E-state index in [-0.39, 0.29) is 18.0 Å². The van der Waals surface area contributed by atoms with Crippen LogP contribution >= 0.6 is 0 Å². The van der Waals surface area contributed by atoms with Gasteiger partial charge in [-0.05, 0) is 35.8 Å². The first-order chi connectivity index (χ1) is 14.7. The fourth-order valence-electron chi connectivity index (χ4n) is 4.86. The highest BCUT2D eigenvalue weighted by molar-refractivity contribution is 5.71. The van der Waals surface area contributed by atoms with Gasteiger partial charge in [-0.1, -0.05) is 46.8 Å². The Hall–Kier alpha value is -3.62. The van der Waals surface area contributed by atoms with Crippen LogP contribution in [-0.4, -0.2) is 34.7 Å². The summed E-state index contributed by atoms with van der Waals surface area (Å²) in [4.78, 5) is 21.5. The van der Waals surface area contributed by atoms with E-state index in [1.165, 1.54) is 26.7 Å². The number of nitrogens with zero attached hydrogens (tertiary/aromatic N) is 7. The van der Waals surface area contributed by atoms with Crippen LogP contribution in [0.4, 0.5) is 0 Å². The van der Waals surface area contributed by atoms with Crippen LogP contribution in [-0.2, 0) is 13.6 Å². The highest BCUT2D eigenvalue weighted by Gasteiger charge is 2.43. The van der Waals surface area contributed by atoms with Crippen molar-refractivity contribution in [1.82, 2.24) is 34.7 Å². The van der Waals surface area contributed by atoms with Gasteiger partial charge in [-0.3, -0.25) is 9.36 Å². The molecule has 6 rings (SSSR count). The van der Waals surface area contributed by atoms with Crippen molar-refractivity contribution in [3.05, 3.63) is 70.4 Å². The largest absolute Gasteiger partial charge is 0.337 e. The van der Waals surface area contributed by atoms with Gasteiger partial charge >= 0.3 is 0 Å². The Balaban J connectivity index is 1.24. The molecule has 0 amide bonds. The van der Waals surface area contributed by atoms with Crippen molar-refractivity contribution in [3.8, 4) is 0 Å². The number of hydrogen-bond acceptors (Lipinski definition) is 7. The standard InChI is InChI=1S/C21H19N7O2/c1-27-18-20(24-26-27)22-11-28(21(18)29)10-17-23-19(25-30-17)16-9-13-7-14(16)8-15(13)12-5-3-2-4-6-12/h2-6,8,11,13-14,16H,7,9-10H2,1H3/t13?,14-,16+/m1/s1. The maximum absolute atomic E-state index is 12.7. The molecular weight excluding hydrogens is 382 g/mol. The molecule has 0 spiro atoms. The number of allylic oxidation sites excluding steroid dienone is 2. The Bertz CT molecular complexity index is 1330. The lowest BCUT2D eigenvalue weighted by Crippen LogP contribution is -2.23. The molecule has 9 nitrogen and oxygen atoms in total. The topological polar surface area (TPSA) is 105 Å². The monoisotopic (exact) mass is 401 g/mol. The van der Waals surface area contributed by atoms with Crippen LogP contribution in [0.2, 0.25) is 0 Å². The SMILES string of the molecule is Cn1nnc2ncn(Cc3nc([C@H]4CC5C[C@@H]4C=C5c4ccccc4)no3)c(=O)c21. The zero-order chi connectivity index (χ0) is 20.2. The Morgan fingerprint density at radius 3 is 2.87 bits per heavy atom. The van der Waals surface area contributed by atoms with Crippen LogP contribution < -0.4 is 5.56 Å². The minimum atomic E-state index is -0.234. The Morgan fingerprint density at radius 1 is 1.20 bits per heavy atom. The van der Waals surface area contributed by atoms with Gasteiger partial charge in [0.05, 0.1) is 0 Å². The minimum absolute atomic E-state index is 0.172. The highest BCUT2D eigenvalue weighted by Crippen LogP contribution is 2.54. The van der Waals surface area contributed by atoms with Gasteiger partial charge in [0.25, 0.3) is 5.56 Å². The molecule has 1 aromatic carbocycles. The number of fused-ring (bicyclic) bond motifs is 3. The summed E-state index contributed by atoms with van der Waals surface area (Å²) in [5.41, 5.74) is 3.19. The number of benzene rings is 1. The first kappa shape index (κ1) is 17.3. The van der Waals surface area contributed by atoms with Gasteiger partial charge in [0.1, 0.15) is 12.9 Å².